The zero-order chi connectivity index (χ0) is 67.4. The summed E-state index contributed by atoms with van der Waals surface area (Å²) in [6.07, 6.45) is 16.3. The van der Waals surface area contributed by atoms with E-state index in [1.54, 1.807) is 50.2 Å². The maximum absolute atomic E-state index is 13.5. The Balaban J connectivity index is 0.000000400. The first-order valence-electron chi connectivity index (χ1n) is 32.8. The van der Waals surface area contributed by atoms with Gasteiger partial charge in [-0.2, -0.15) is 0 Å². The number of aliphatic hydroxyl groups is 1. The van der Waals surface area contributed by atoms with E-state index in [2.05, 4.69) is 68.4 Å². The summed E-state index contributed by atoms with van der Waals surface area (Å²) >= 11 is 0. The predicted molar refractivity (Wildman–Crippen MR) is 345 cm³/mol. The number of allylic oxidation sites excluding steroid dienone is 3. The van der Waals surface area contributed by atoms with Crippen LogP contribution >= 0.6 is 0 Å². The van der Waals surface area contributed by atoms with Crippen molar-refractivity contribution in [1.82, 2.24) is 25.3 Å². The number of Topliss-reactive ketones (excluding diaryl/α,β-unsaturated/α-hetero) is 3. The van der Waals surface area contributed by atoms with Crippen LogP contribution in [0.5, 0.6) is 0 Å². The zero-order valence-corrected chi connectivity index (χ0v) is 56.4. The number of amides is 6. The second-order valence-electron chi connectivity index (χ2n) is 26.0. The van der Waals surface area contributed by atoms with Gasteiger partial charge in [-0.3, -0.25) is 38.5 Å². The van der Waals surface area contributed by atoms with Gasteiger partial charge < -0.3 is 59.7 Å². The van der Waals surface area contributed by atoms with Crippen LogP contribution in [-0.4, -0.2) is 188 Å². The molecule has 4 heterocycles. The molecule has 91 heavy (non-hydrogen) atoms. The van der Waals surface area contributed by atoms with Crippen molar-refractivity contribution in [2.24, 2.45) is 35.3 Å². The van der Waals surface area contributed by atoms with Crippen LogP contribution < -0.4 is 16.4 Å². The number of nitrogens with zero attached hydrogens (tertiary/aromatic N) is 3. The van der Waals surface area contributed by atoms with Gasteiger partial charge in [0.05, 0.1) is 55.4 Å². The van der Waals surface area contributed by atoms with Crippen molar-refractivity contribution in [2.45, 2.75) is 213 Å². The molecule has 3 fully saturated rings. The molecule has 22 nitrogen and oxygen atoms in total. The smallest absolute Gasteiger partial charge is 0.410 e. The number of ketones is 3. The number of epoxide rings is 1. The van der Waals surface area contributed by atoms with Gasteiger partial charge in [0.15, 0.2) is 5.78 Å². The highest BCUT2D eigenvalue weighted by Gasteiger charge is 2.57. The van der Waals surface area contributed by atoms with Gasteiger partial charge in [-0.1, -0.05) is 83.5 Å². The Bertz CT molecular complexity index is 2610. The highest BCUT2D eigenvalue weighted by molar-refractivity contribution is 6.12. The molecule has 0 radical (unpaired) electrons. The van der Waals surface area contributed by atoms with Gasteiger partial charge in [0.1, 0.15) is 24.8 Å². The summed E-state index contributed by atoms with van der Waals surface area (Å²) in [4.78, 5) is 115. The molecule has 0 aliphatic carbocycles. The van der Waals surface area contributed by atoms with Gasteiger partial charge in [-0.15, -0.1) is 0 Å². The SMILES string of the molecule is CC(C)[C@H](CC(=O)CCCCCN1C(=O)C=CC1=O)C(=O)N[C@@H](CCCNC(N)=O)C(=O)Cc1ccc(COC(=O)N(C)C2CCN(C)C2)cc1.CO[C@H]([C@@H](C)[C@H]1O[C@]1(C)C[C@H](C)/C=C/C=C(\C)[C@H]1O[C@@H](CCC(=O)CCOCCOC(C)=O)CC[C@@H]1C)[C@@H](C)O. The van der Waals surface area contributed by atoms with E-state index in [4.69, 9.17) is 34.2 Å². The molecule has 1 unspecified atom stereocenters. The minimum Gasteiger partial charge on any atom is -0.463 e. The number of unbranched alkanes of at least 4 members (excludes halogenated alkanes) is 2. The first-order chi connectivity index (χ1) is 43.1. The van der Waals surface area contributed by atoms with Crippen molar-refractivity contribution in [3.63, 3.8) is 0 Å². The van der Waals surface area contributed by atoms with Crippen molar-refractivity contribution in [3.05, 3.63) is 71.3 Å². The zero-order valence-electron chi connectivity index (χ0n) is 56.4. The number of nitrogens with two attached hydrogens (primary N) is 1. The van der Waals surface area contributed by atoms with Gasteiger partial charge in [0, 0.05) is 103 Å². The van der Waals surface area contributed by atoms with E-state index in [9.17, 15) is 48.3 Å². The molecule has 1 aromatic rings. The largest absolute Gasteiger partial charge is 0.463 e. The normalized spacial score (nSPS) is 22.8. The number of likely N-dealkylation sites (tertiary alicyclic amines) is 1. The van der Waals surface area contributed by atoms with Crippen LogP contribution in [0.1, 0.15) is 163 Å². The van der Waals surface area contributed by atoms with Gasteiger partial charge in [0.2, 0.25) is 5.91 Å². The van der Waals surface area contributed by atoms with E-state index in [-0.39, 0.29) is 140 Å². The van der Waals surface area contributed by atoms with E-state index in [0.29, 0.717) is 70.1 Å². The Kier molecular flexibility index (Phi) is 33.5. The Morgan fingerprint density at radius 2 is 1.57 bits per heavy atom. The highest BCUT2D eigenvalue weighted by Crippen LogP contribution is 2.47. The number of rotatable bonds is 39. The summed E-state index contributed by atoms with van der Waals surface area (Å²) in [5.74, 6) is -1.40. The Morgan fingerprint density at radius 1 is 0.879 bits per heavy atom. The Hall–Kier alpha value is -6.17. The third-order valence-electron chi connectivity index (χ3n) is 17.7. The van der Waals surface area contributed by atoms with E-state index in [1.807, 2.05) is 20.9 Å². The van der Waals surface area contributed by atoms with Crippen molar-refractivity contribution in [2.75, 3.05) is 67.2 Å². The van der Waals surface area contributed by atoms with Crippen LogP contribution in [0.3, 0.4) is 0 Å². The monoisotopic (exact) mass is 1280 g/mol. The second kappa shape index (κ2) is 39.4. The lowest BCUT2D eigenvalue weighted by atomic mass is 9.85. The quantitative estimate of drug-likeness (QED) is 0.0160. The summed E-state index contributed by atoms with van der Waals surface area (Å²) in [5.41, 5.74) is 7.68. The van der Waals surface area contributed by atoms with E-state index in [0.717, 1.165) is 56.3 Å². The molecular formula is C69H108N6O16. The maximum Gasteiger partial charge on any atom is 0.410 e. The number of carbonyl (C=O) groups is 9. The lowest BCUT2D eigenvalue weighted by molar-refractivity contribution is -0.143. The fraction of sp³-hybridized carbons (Fsp3) is 0.696. The maximum atomic E-state index is 13.5. The molecule has 4 aliphatic rings. The summed E-state index contributed by atoms with van der Waals surface area (Å²) in [5, 5.41) is 15.4. The molecule has 0 aromatic heterocycles. The molecule has 5 rings (SSSR count). The number of urea groups is 1. The fourth-order valence-corrected chi connectivity index (χ4v) is 12.3. The number of ether oxygens (including phenoxy) is 6. The van der Waals surface area contributed by atoms with Crippen LogP contribution in [0.25, 0.3) is 0 Å². The minimum atomic E-state index is -0.847. The molecule has 12 atom stereocenters. The first-order valence-corrected chi connectivity index (χ1v) is 32.8. The molecule has 4 aliphatic heterocycles. The third-order valence-corrected chi connectivity index (χ3v) is 17.7. The molecule has 1 aromatic carbocycles. The average Bonchev–Trinajstić information content (AvgIpc) is 1.62. The average molecular weight is 1280 g/mol. The number of likely N-dealkylation sites (N-methyl/N-ethyl adjacent to an activating group) is 2. The van der Waals surface area contributed by atoms with E-state index in [1.165, 1.54) is 29.5 Å². The molecule has 0 bridgehead atoms. The van der Waals surface area contributed by atoms with Gasteiger partial charge in [-0.25, -0.2) is 9.59 Å². The van der Waals surface area contributed by atoms with Gasteiger partial charge in [0.25, 0.3) is 11.8 Å². The number of methoxy groups -OCH3 is 1. The van der Waals surface area contributed by atoms with Crippen LogP contribution in [0.2, 0.25) is 0 Å². The molecule has 5 N–H and O–H groups in total. The second-order valence-corrected chi connectivity index (χ2v) is 26.0. The molecule has 0 saturated carbocycles. The third kappa shape index (κ3) is 27.5. The number of benzene rings is 1. The van der Waals surface area contributed by atoms with Crippen molar-refractivity contribution < 1.29 is 76.7 Å². The number of carbonyl (C=O) groups excluding carboxylic acids is 9. The molecular weight excluding hydrogens is 1170 g/mol. The fourth-order valence-electron chi connectivity index (χ4n) is 12.3. The van der Waals surface area contributed by atoms with Crippen LogP contribution in [0, 0.1) is 29.6 Å². The summed E-state index contributed by atoms with van der Waals surface area (Å²) in [6, 6.07) is 5.77. The number of hydrogen-bond acceptors (Lipinski definition) is 17. The van der Waals surface area contributed by atoms with Crippen molar-refractivity contribution in [1.29, 1.82) is 0 Å². The summed E-state index contributed by atoms with van der Waals surface area (Å²) in [7, 11) is 5.41. The van der Waals surface area contributed by atoms with Crippen molar-refractivity contribution >= 4 is 53.2 Å². The predicted octanol–water partition coefficient (Wildman–Crippen LogP) is 7.93. The topological polar surface area (TPSA) is 292 Å². The number of esters is 1. The standard InChI is InChI=1S/C37H54N6O8.C32H54O8/c1-25(2)30(22-29(44)9-6-5-7-19-43-33(46)15-16-34(43)47)35(48)40-31(10-8-18-39-36(38)49)32(45)21-26-11-13-27(14-12-26)24-51-37(50)42(4)28-17-20-41(3)23-28;1-21(20-32(7)31(40-32)24(4)30(36-8)25(5)33)10-9-11-22(2)29-23(3)12-14-28(39-29)15-13-27(35)16-17-37-18-19-38-26(6)34/h11-16,25,28,30-31H,5-10,17-24H2,1-4H3,(H,40,48)(H3,38,39,49);9-11,21,23-25,28-31,33H,12-20H2,1-8H3/b;10-9+,22-11+/t28?,30-,31-;21-,23+,24-,25-,28-,29-,30-,31-,32-/m01/s1. The Morgan fingerprint density at radius 3 is 2.20 bits per heavy atom. The highest BCUT2D eigenvalue weighted by atomic mass is 16.6. The molecule has 0 spiro atoms. The van der Waals surface area contributed by atoms with Crippen molar-refractivity contribution in [3.8, 4) is 0 Å². The number of imide groups is 1. The lowest BCUT2D eigenvalue weighted by Gasteiger charge is -2.35. The molecule has 22 heteroatoms. The lowest BCUT2D eigenvalue weighted by Crippen LogP contribution is -2.46. The first kappa shape index (κ1) is 77.3. The van der Waals surface area contributed by atoms with Crippen LogP contribution in [-0.2, 0) is 75.0 Å². The van der Waals surface area contributed by atoms with Crippen LogP contribution in [0.15, 0.2) is 60.2 Å². The van der Waals surface area contributed by atoms with Crippen LogP contribution in [0.4, 0.5) is 9.59 Å². The van der Waals surface area contributed by atoms with Gasteiger partial charge >= 0.3 is 18.1 Å². The minimum absolute atomic E-state index is 0.0280. The Labute approximate surface area is 540 Å². The number of nitrogens with one attached hydrogen (secondary N) is 2. The molecule has 510 valence electrons. The van der Waals surface area contributed by atoms with E-state index < -0.39 is 24.1 Å². The van der Waals surface area contributed by atoms with E-state index >= 15 is 0 Å². The summed E-state index contributed by atoms with van der Waals surface area (Å²) < 4.78 is 33.7. The number of hydrogen-bond donors (Lipinski definition) is 4. The van der Waals surface area contributed by atoms with Gasteiger partial charge in [-0.05, 0) is 127 Å². The molecule has 6 amide bonds. The molecule has 3 saturated heterocycles. The number of aliphatic hydroxyl groups excluding tert-OH is 1. The summed E-state index contributed by atoms with van der Waals surface area (Å²) in [6.45, 7) is 20.9. The number of primary amides is 1.